The van der Waals surface area contributed by atoms with Crippen molar-refractivity contribution in [1.29, 1.82) is 0 Å². The second-order valence-corrected chi connectivity index (χ2v) is 14.1. The molecule has 1 aliphatic carbocycles. The Labute approximate surface area is 150 Å². The Kier molecular flexibility index (Phi) is 6.62. The maximum Gasteiger partial charge on any atom is 0.192 e. The zero-order valence-electron chi connectivity index (χ0n) is 17.1. The molecule has 1 atom stereocenters. The molecule has 0 radical (unpaired) electrons. The minimum Gasteiger partial charge on any atom is -0.414 e. The number of carbonyl (C=O) groups excluding carboxylic acids is 1. The maximum absolute atomic E-state index is 10.6. The summed E-state index contributed by atoms with van der Waals surface area (Å²) >= 11 is 0. The molecule has 0 amide bonds. The summed E-state index contributed by atoms with van der Waals surface area (Å²) in [5, 5.41) is 0.242. The van der Waals surface area contributed by atoms with Crippen LogP contribution in [0, 0.1) is 5.41 Å². The summed E-state index contributed by atoms with van der Waals surface area (Å²) in [5.74, 6) is 0. The Hall–Kier alpha value is -0.933. The van der Waals surface area contributed by atoms with E-state index in [4.69, 9.17) is 4.43 Å². The molecule has 0 bridgehead atoms. The van der Waals surface area contributed by atoms with Crippen LogP contribution in [0.4, 0.5) is 0 Å². The first-order chi connectivity index (χ1) is 10.8. The number of aldehydes is 1. The zero-order valence-corrected chi connectivity index (χ0v) is 18.1. The third kappa shape index (κ3) is 5.28. The molecular formula is C21H36O2Si. The van der Waals surface area contributed by atoms with Gasteiger partial charge >= 0.3 is 0 Å². The summed E-state index contributed by atoms with van der Waals surface area (Å²) in [7, 11) is -1.74. The second-order valence-electron chi connectivity index (χ2n) is 9.37. The van der Waals surface area contributed by atoms with Gasteiger partial charge in [0.05, 0.1) is 0 Å². The number of rotatable bonds is 5. The predicted molar refractivity (Wildman–Crippen MR) is 107 cm³/mol. The molecule has 0 fully saturated rings. The fraction of sp³-hybridized carbons (Fsp3) is 0.667. The van der Waals surface area contributed by atoms with Crippen molar-refractivity contribution in [2.45, 2.75) is 85.5 Å². The van der Waals surface area contributed by atoms with E-state index in [0.29, 0.717) is 6.10 Å². The predicted octanol–water partition coefficient (Wildman–Crippen LogP) is 6.21. The van der Waals surface area contributed by atoms with Crippen LogP contribution in [0.1, 0.15) is 61.3 Å². The standard InChI is InChI=1S/C21H36O2Si/c1-16(12-13-22)10-11-19-17(2)14-18(15-21(19,6)7)23-24(8,9)20(3,4)5/h10-13,18H,14-15H2,1-9H3/b11-10+,16-12-. The van der Waals surface area contributed by atoms with Gasteiger partial charge < -0.3 is 4.43 Å². The van der Waals surface area contributed by atoms with Gasteiger partial charge in [-0.1, -0.05) is 52.3 Å². The van der Waals surface area contributed by atoms with Gasteiger partial charge in [-0.05, 0) is 67.5 Å². The molecule has 0 N–H and O–H groups in total. The van der Waals surface area contributed by atoms with Gasteiger partial charge in [-0.15, -0.1) is 0 Å². The van der Waals surface area contributed by atoms with E-state index in [1.807, 2.05) is 13.0 Å². The van der Waals surface area contributed by atoms with E-state index in [-0.39, 0.29) is 10.5 Å². The summed E-state index contributed by atoms with van der Waals surface area (Å²) in [5.41, 5.74) is 3.87. The highest BCUT2D eigenvalue weighted by Crippen LogP contribution is 2.45. The lowest BCUT2D eigenvalue weighted by Crippen LogP contribution is -2.46. The molecule has 0 saturated carbocycles. The molecule has 0 aromatic rings. The molecule has 0 aliphatic heterocycles. The van der Waals surface area contributed by atoms with E-state index < -0.39 is 8.32 Å². The first kappa shape index (κ1) is 21.1. The number of allylic oxidation sites excluding steroid dienone is 5. The molecule has 0 saturated heterocycles. The van der Waals surface area contributed by atoms with Crippen molar-refractivity contribution in [2.75, 3.05) is 0 Å². The quantitative estimate of drug-likeness (QED) is 0.255. The average Bonchev–Trinajstić information content (AvgIpc) is 2.34. The summed E-state index contributed by atoms with van der Waals surface area (Å²) in [6.07, 6.45) is 9.04. The molecule has 0 heterocycles. The van der Waals surface area contributed by atoms with E-state index in [1.165, 1.54) is 11.1 Å². The lowest BCUT2D eigenvalue weighted by Gasteiger charge is -2.44. The fourth-order valence-electron chi connectivity index (χ4n) is 3.20. The molecule has 1 unspecified atom stereocenters. The molecule has 24 heavy (non-hydrogen) atoms. The summed E-state index contributed by atoms with van der Waals surface area (Å²) < 4.78 is 6.68. The molecule has 0 aromatic carbocycles. The Morgan fingerprint density at radius 3 is 2.33 bits per heavy atom. The normalized spacial score (nSPS) is 23.0. The molecular weight excluding hydrogens is 312 g/mol. The molecule has 2 nitrogen and oxygen atoms in total. The first-order valence-corrected chi connectivity index (χ1v) is 11.9. The summed E-state index contributed by atoms with van der Waals surface area (Å²) in [4.78, 5) is 10.6. The minimum atomic E-state index is -1.74. The van der Waals surface area contributed by atoms with Gasteiger partial charge in [0.25, 0.3) is 0 Å². The summed E-state index contributed by atoms with van der Waals surface area (Å²) in [6, 6.07) is 0. The average molecular weight is 349 g/mol. The van der Waals surface area contributed by atoms with Gasteiger partial charge in [0.15, 0.2) is 8.32 Å². The van der Waals surface area contributed by atoms with Crippen LogP contribution in [-0.4, -0.2) is 20.7 Å². The third-order valence-electron chi connectivity index (χ3n) is 5.57. The van der Waals surface area contributed by atoms with Crippen LogP contribution in [0.15, 0.2) is 34.9 Å². The van der Waals surface area contributed by atoms with Gasteiger partial charge in [0, 0.05) is 6.10 Å². The lowest BCUT2D eigenvalue weighted by molar-refractivity contribution is -0.104. The van der Waals surface area contributed by atoms with Gasteiger partial charge in [0.2, 0.25) is 0 Å². The van der Waals surface area contributed by atoms with Crippen LogP contribution < -0.4 is 0 Å². The maximum atomic E-state index is 10.6. The van der Waals surface area contributed by atoms with Crippen LogP contribution in [0.25, 0.3) is 0 Å². The minimum absolute atomic E-state index is 0.0906. The highest BCUT2D eigenvalue weighted by atomic mass is 28.4. The first-order valence-electron chi connectivity index (χ1n) is 8.98. The Morgan fingerprint density at radius 1 is 1.29 bits per heavy atom. The number of carbonyl (C=O) groups is 1. The largest absolute Gasteiger partial charge is 0.414 e. The van der Waals surface area contributed by atoms with Crippen LogP contribution in [0.5, 0.6) is 0 Å². The lowest BCUT2D eigenvalue weighted by atomic mass is 9.71. The molecule has 0 aromatic heterocycles. The Bertz CT molecular complexity index is 557. The zero-order chi connectivity index (χ0) is 18.8. The molecule has 0 spiro atoms. The molecule has 1 aliphatic rings. The number of hydrogen-bond acceptors (Lipinski definition) is 2. The topological polar surface area (TPSA) is 26.3 Å². The highest BCUT2D eigenvalue weighted by Gasteiger charge is 2.42. The third-order valence-corrected chi connectivity index (χ3v) is 10.1. The van der Waals surface area contributed by atoms with E-state index >= 15 is 0 Å². The smallest absolute Gasteiger partial charge is 0.192 e. The van der Waals surface area contributed by atoms with Crippen molar-refractivity contribution in [3.05, 3.63) is 34.9 Å². The van der Waals surface area contributed by atoms with E-state index in [1.54, 1.807) is 6.08 Å². The van der Waals surface area contributed by atoms with E-state index in [2.05, 4.69) is 60.7 Å². The van der Waals surface area contributed by atoms with E-state index in [0.717, 1.165) is 24.7 Å². The van der Waals surface area contributed by atoms with Gasteiger partial charge in [0.1, 0.15) is 6.29 Å². The fourth-order valence-corrected chi connectivity index (χ4v) is 4.56. The SMILES string of the molecule is CC1=C(/C=C/C(C)=C\C=O)C(C)(C)CC(O[Si](C)(C)C(C)(C)C)C1. The van der Waals surface area contributed by atoms with Crippen LogP contribution >= 0.6 is 0 Å². The molecule has 136 valence electrons. The Balaban J connectivity index is 3.01. The van der Waals surface area contributed by atoms with Crippen molar-refractivity contribution >= 4 is 14.6 Å². The van der Waals surface area contributed by atoms with Crippen LogP contribution in [0.2, 0.25) is 18.1 Å². The van der Waals surface area contributed by atoms with Crippen molar-refractivity contribution < 1.29 is 9.22 Å². The van der Waals surface area contributed by atoms with Crippen molar-refractivity contribution in [2.24, 2.45) is 5.41 Å². The van der Waals surface area contributed by atoms with Gasteiger partial charge in [-0.2, -0.15) is 0 Å². The summed E-state index contributed by atoms with van der Waals surface area (Å²) in [6.45, 7) is 20.3. The monoisotopic (exact) mass is 348 g/mol. The van der Waals surface area contributed by atoms with Crippen molar-refractivity contribution in [3.8, 4) is 0 Å². The van der Waals surface area contributed by atoms with Gasteiger partial charge in [-0.3, -0.25) is 4.79 Å². The number of hydrogen-bond donors (Lipinski definition) is 0. The van der Waals surface area contributed by atoms with Crippen LogP contribution in [0.3, 0.4) is 0 Å². The Morgan fingerprint density at radius 2 is 1.88 bits per heavy atom. The van der Waals surface area contributed by atoms with Gasteiger partial charge in [-0.25, -0.2) is 0 Å². The van der Waals surface area contributed by atoms with Crippen molar-refractivity contribution in [3.63, 3.8) is 0 Å². The molecule has 1 rings (SSSR count). The second kappa shape index (κ2) is 7.53. The van der Waals surface area contributed by atoms with E-state index in [9.17, 15) is 4.79 Å². The molecule has 3 heteroatoms. The highest BCUT2D eigenvalue weighted by molar-refractivity contribution is 6.74. The van der Waals surface area contributed by atoms with Crippen molar-refractivity contribution in [1.82, 2.24) is 0 Å². The van der Waals surface area contributed by atoms with Crippen LogP contribution in [-0.2, 0) is 9.22 Å².